The summed E-state index contributed by atoms with van der Waals surface area (Å²) in [7, 11) is 0. The maximum absolute atomic E-state index is 11.7. The number of benzene rings is 1. The Morgan fingerprint density at radius 3 is 2.14 bits per heavy atom. The Kier molecular flexibility index (Phi) is 4.07. The van der Waals surface area contributed by atoms with Crippen LogP contribution < -0.4 is 0 Å². The third kappa shape index (κ3) is 3.57. The van der Waals surface area contributed by atoms with Crippen LogP contribution in [0.3, 0.4) is 0 Å². The lowest BCUT2D eigenvalue weighted by Crippen LogP contribution is -2.41. The Morgan fingerprint density at radius 2 is 1.64 bits per heavy atom. The SMILES string of the molecule is CC1(C)OC(=O)C(=CC=Cc2ccc([N+](=O)[O-])cc2)C(=O)O1. The molecule has 1 aromatic carbocycles. The Morgan fingerprint density at radius 1 is 1.09 bits per heavy atom. The van der Waals surface area contributed by atoms with E-state index in [4.69, 9.17) is 9.47 Å². The second kappa shape index (κ2) is 5.80. The van der Waals surface area contributed by atoms with Crippen molar-refractivity contribution in [2.45, 2.75) is 19.6 Å². The zero-order chi connectivity index (χ0) is 16.3. The molecule has 114 valence electrons. The van der Waals surface area contributed by atoms with Gasteiger partial charge in [0.1, 0.15) is 5.57 Å². The molecule has 1 aliphatic heterocycles. The molecule has 1 aromatic rings. The molecule has 0 aliphatic carbocycles. The fraction of sp³-hybridized carbons (Fsp3) is 0.200. The number of hydrogen-bond acceptors (Lipinski definition) is 6. The summed E-state index contributed by atoms with van der Waals surface area (Å²) in [5.41, 5.74) is 0.454. The molecule has 1 saturated heterocycles. The van der Waals surface area contributed by atoms with E-state index < -0.39 is 22.6 Å². The monoisotopic (exact) mass is 303 g/mol. The number of carbonyl (C=O) groups is 2. The van der Waals surface area contributed by atoms with Crippen molar-refractivity contribution < 1.29 is 24.0 Å². The summed E-state index contributed by atoms with van der Waals surface area (Å²) < 4.78 is 9.88. The van der Waals surface area contributed by atoms with Crippen molar-refractivity contribution in [3.05, 3.63) is 57.7 Å². The molecule has 1 fully saturated rings. The standard InChI is InChI=1S/C15H13NO6/c1-15(2)21-13(17)12(14(18)22-15)5-3-4-10-6-8-11(9-7-10)16(19)20/h3-9H,1-2H3. The summed E-state index contributed by atoms with van der Waals surface area (Å²) >= 11 is 0. The number of nitro benzene ring substituents is 1. The van der Waals surface area contributed by atoms with E-state index in [1.807, 2.05) is 0 Å². The second-order valence-electron chi connectivity index (χ2n) is 4.97. The lowest BCUT2D eigenvalue weighted by Gasteiger charge is -2.29. The van der Waals surface area contributed by atoms with Crippen LogP contribution >= 0.6 is 0 Å². The van der Waals surface area contributed by atoms with Crippen LogP contribution in [0.25, 0.3) is 6.08 Å². The molecule has 0 atom stereocenters. The van der Waals surface area contributed by atoms with Crippen LogP contribution in [0.1, 0.15) is 19.4 Å². The molecule has 0 aromatic heterocycles. The number of non-ortho nitro benzene ring substituents is 1. The fourth-order valence-electron chi connectivity index (χ4n) is 1.76. The van der Waals surface area contributed by atoms with Gasteiger partial charge in [-0.15, -0.1) is 0 Å². The zero-order valence-corrected chi connectivity index (χ0v) is 11.9. The first-order chi connectivity index (χ1) is 10.3. The summed E-state index contributed by atoms with van der Waals surface area (Å²) in [6, 6.07) is 5.82. The number of nitrogens with zero attached hydrogens (tertiary/aromatic N) is 1. The van der Waals surface area contributed by atoms with Gasteiger partial charge in [0.15, 0.2) is 0 Å². The van der Waals surface area contributed by atoms with Gasteiger partial charge in [-0.1, -0.05) is 12.2 Å². The Labute approximate surface area is 126 Å². The smallest absolute Gasteiger partial charge is 0.348 e. The van der Waals surface area contributed by atoms with E-state index in [1.165, 1.54) is 38.1 Å². The van der Waals surface area contributed by atoms with E-state index >= 15 is 0 Å². The van der Waals surface area contributed by atoms with Gasteiger partial charge >= 0.3 is 11.9 Å². The first-order valence-electron chi connectivity index (χ1n) is 6.38. The lowest BCUT2D eigenvalue weighted by atomic mass is 10.1. The Balaban J connectivity index is 2.12. The van der Waals surface area contributed by atoms with E-state index in [-0.39, 0.29) is 11.3 Å². The van der Waals surface area contributed by atoms with E-state index in [1.54, 1.807) is 18.2 Å². The molecule has 7 heteroatoms. The first kappa shape index (κ1) is 15.4. The van der Waals surface area contributed by atoms with Gasteiger partial charge in [-0.25, -0.2) is 9.59 Å². The highest BCUT2D eigenvalue weighted by molar-refractivity contribution is 6.15. The van der Waals surface area contributed by atoms with Gasteiger partial charge in [0.05, 0.1) is 4.92 Å². The molecule has 1 aliphatic rings. The number of nitro groups is 1. The number of carbonyl (C=O) groups excluding carboxylic acids is 2. The molecule has 0 amide bonds. The van der Waals surface area contributed by atoms with E-state index in [9.17, 15) is 19.7 Å². The first-order valence-corrected chi connectivity index (χ1v) is 6.38. The van der Waals surface area contributed by atoms with Crippen molar-refractivity contribution in [3.63, 3.8) is 0 Å². The van der Waals surface area contributed by atoms with Crippen molar-refractivity contribution in [2.75, 3.05) is 0 Å². The van der Waals surface area contributed by atoms with Gasteiger partial charge in [-0.05, 0) is 23.8 Å². The van der Waals surface area contributed by atoms with E-state index in [0.717, 1.165) is 0 Å². The summed E-state index contributed by atoms with van der Waals surface area (Å²) in [5, 5.41) is 10.5. The van der Waals surface area contributed by atoms with Crippen LogP contribution in [0.2, 0.25) is 0 Å². The molecule has 0 saturated carbocycles. The Bertz CT molecular complexity index is 662. The predicted octanol–water partition coefficient (Wildman–Crippen LogP) is 2.37. The molecule has 22 heavy (non-hydrogen) atoms. The van der Waals surface area contributed by atoms with Crippen LogP contribution in [0.15, 0.2) is 42.0 Å². The molecule has 7 nitrogen and oxygen atoms in total. The van der Waals surface area contributed by atoms with E-state index in [2.05, 4.69) is 0 Å². The van der Waals surface area contributed by atoms with Crippen LogP contribution in [-0.2, 0) is 19.1 Å². The minimum Gasteiger partial charge on any atom is -0.419 e. The van der Waals surface area contributed by atoms with Crippen LogP contribution in [0, 0.1) is 10.1 Å². The van der Waals surface area contributed by atoms with Crippen LogP contribution in [-0.4, -0.2) is 22.6 Å². The van der Waals surface area contributed by atoms with Crippen molar-refractivity contribution in [2.24, 2.45) is 0 Å². The topological polar surface area (TPSA) is 95.7 Å². The molecule has 0 bridgehead atoms. The van der Waals surface area contributed by atoms with E-state index in [0.29, 0.717) is 5.56 Å². The van der Waals surface area contributed by atoms with Gasteiger partial charge in [0.25, 0.3) is 11.5 Å². The van der Waals surface area contributed by atoms with Crippen molar-refractivity contribution in [3.8, 4) is 0 Å². The molecular weight excluding hydrogens is 290 g/mol. The third-order valence-electron chi connectivity index (χ3n) is 2.77. The highest BCUT2D eigenvalue weighted by atomic mass is 16.7. The minimum atomic E-state index is -1.27. The number of esters is 2. The Hall–Kier alpha value is -2.96. The van der Waals surface area contributed by atoms with Gasteiger partial charge in [-0.2, -0.15) is 0 Å². The number of hydrogen-bond donors (Lipinski definition) is 0. The highest BCUT2D eigenvalue weighted by Crippen LogP contribution is 2.22. The van der Waals surface area contributed by atoms with Gasteiger partial charge < -0.3 is 9.47 Å². The average molecular weight is 303 g/mol. The molecular formula is C15H13NO6. The number of rotatable bonds is 3. The molecule has 0 unspecified atom stereocenters. The predicted molar refractivity (Wildman–Crippen MR) is 76.5 cm³/mol. The maximum atomic E-state index is 11.7. The summed E-state index contributed by atoms with van der Waals surface area (Å²) in [6.07, 6.45) is 4.34. The molecule has 0 radical (unpaired) electrons. The van der Waals surface area contributed by atoms with Crippen molar-refractivity contribution in [1.29, 1.82) is 0 Å². The number of allylic oxidation sites excluding steroid dienone is 2. The van der Waals surface area contributed by atoms with Gasteiger partial charge in [0.2, 0.25) is 0 Å². The number of cyclic esters (lactones) is 2. The maximum Gasteiger partial charge on any atom is 0.348 e. The average Bonchev–Trinajstić information content (AvgIpc) is 2.41. The van der Waals surface area contributed by atoms with Crippen molar-refractivity contribution in [1.82, 2.24) is 0 Å². The fourth-order valence-corrected chi connectivity index (χ4v) is 1.76. The summed E-state index contributed by atoms with van der Waals surface area (Å²) in [5.74, 6) is -2.78. The quantitative estimate of drug-likeness (QED) is 0.280. The molecule has 2 rings (SSSR count). The van der Waals surface area contributed by atoms with Crippen LogP contribution in [0.5, 0.6) is 0 Å². The largest absolute Gasteiger partial charge is 0.419 e. The van der Waals surface area contributed by atoms with Gasteiger partial charge in [-0.3, -0.25) is 10.1 Å². The summed E-state index contributed by atoms with van der Waals surface area (Å²) in [4.78, 5) is 33.4. The molecule has 1 heterocycles. The van der Waals surface area contributed by atoms with Crippen molar-refractivity contribution >= 4 is 23.7 Å². The normalized spacial score (nSPS) is 17.1. The second-order valence-corrected chi connectivity index (χ2v) is 4.97. The van der Waals surface area contributed by atoms with Gasteiger partial charge in [0, 0.05) is 26.0 Å². The van der Waals surface area contributed by atoms with Crippen LogP contribution in [0.4, 0.5) is 5.69 Å². The lowest BCUT2D eigenvalue weighted by molar-refractivity contribution is -0.384. The molecule has 0 N–H and O–H groups in total. The summed E-state index contributed by atoms with van der Waals surface area (Å²) in [6.45, 7) is 2.93. The highest BCUT2D eigenvalue weighted by Gasteiger charge is 2.38. The minimum absolute atomic E-state index is 0.0165. The zero-order valence-electron chi connectivity index (χ0n) is 11.9. The third-order valence-corrected chi connectivity index (χ3v) is 2.77. The molecule has 0 spiro atoms. The number of ether oxygens (including phenoxy) is 2.